The molecule has 7 nitrogen and oxygen atoms in total. The Morgan fingerprint density at radius 1 is 1.12 bits per heavy atom. The van der Waals surface area contributed by atoms with Gasteiger partial charge in [0.25, 0.3) is 0 Å². The predicted octanol–water partition coefficient (Wildman–Crippen LogP) is 5.49. The second-order valence-corrected chi connectivity index (χ2v) is 13.6. The lowest BCUT2D eigenvalue weighted by Gasteiger charge is -2.57. The maximum atomic E-state index is 14.1. The number of hydrogen-bond donors (Lipinski definition) is 3. The molecule has 7 heteroatoms. The summed E-state index contributed by atoms with van der Waals surface area (Å²) < 4.78 is 8.20. The Morgan fingerprint density at radius 2 is 2.00 bits per heavy atom. The lowest BCUT2D eigenvalue weighted by atomic mass is 9.56. The SMILES string of the molecule is CC[C@H]1C[C@H]2CN3CCc4c([nH]c5c([C@H]6CC[C@@H]7NCCc8c7n6c6ccccc86)c(O)ccc45)[C@](C(=O)OC)(C2)[C@H]13. The molecule has 7 heterocycles. The first-order valence-electron chi connectivity index (χ1n) is 16.1. The number of phenolic OH excluding ortho intramolecular Hbond substituents is 1. The Balaban J connectivity index is 1.30. The highest BCUT2D eigenvalue weighted by Crippen LogP contribution is 2.56. The minimum Gasteiger partial charge on any atom is -0.508 e. The summed E-state index contributed by atoms with van der Waals surface area (Å²) in [6.07, 6.45) is 7.01. The van der Waals surface area contributed by atoms with Crippen molar-refractivity contribution >= 4 is 27.8 Å². The van der Waals surface area contributed by atoms with E-state index in [1.165, 1.54) is 34.1 Å². The lowest BCUT2D eigenvalue weighted by Crippen LogP contribution is -2.67. The molecule has 0 spiro atoms. The predicted molar refractivity (Wildman–Crippen MR) is 163 cm³/mol. The number of para-hydroxylation sites is 1. The van der Waals surface area contributed by atoms with Gasteiger partial charge in [-0.15, -0.1) is 0 Å². The molecule has 10 rings (SSSR count). The third kappa shape index (κ3) is 3.06. The second kappa shape index (κ2) is 8.87. The standard InChI is InChI=1S/C35H40N4O3/c1-3-20-16-19-17-35(34(41)42-2)32-24(13-15-38(18-19)33(20)35)22-8-11-28(40)29(30(22)37-32)27-10-9-25-31-23(12-14-36-25)21-6-4-5-7-26(21)39(27)31/h4-8,11,19-20,25,27,33,36-37,40H,3,9-10,12-18H2,1-2H3/t19-,20+,25+,27-,33+,35-/m1/s1. The van der Waals surface area contributed by atoms with Crippen LogP contribution >= 0.6 is 0 Å². The third-order valence-electron chi connectivity index (χ3n) is 11.9. The summed E-state index contributed by atoms with van der Waals surface area (Å²) in [7, 11) is 1.56. The van der Waals surface area contributed by atoms with Crippen LogP contribution in [-0.2, 0) is 27.8 Å². The van der Waals surface area contributed by atoms with E-state index in [-0.39, 0.29) is 18.1 Å². The molecule has 1 aliphatic carbocycles. The molecular weight excluding hydrogens is 524 g/mol. The van der Waals surface area contributed by atoms with Crippen molar-refractivity contribution in [3.05, 3.63) is 64.5 Å². The van der Waals surface area contributed by atoms with Gasteiger partial charge in [-0.3, -0.25) is 9.69 Å². The molecule has 5 aliphatic heterocycles. The van der Waals surface area contributed by atoms with Crippen molar-refractivity contribution in [3.63, 3.8) is 0 Å². The number of H-pyrrole nitrogens is 1. The molecule has 1 saturated carbocycles. The average molecular weight is 565 g/mol. The summed E-state index contributed by atoms with van der Waals surface area (Å²) in [4.78, 5) is 20.6. The van der Waals surface area contributed by atoms with Crippen LogP contribution in [0.2, 0.25) is 0 Å². The van der Waals surface area contributed by atoms with Gasteiger partial charge in [-0.2, -0.15) is 0 Å². The number of carbonyl (C=O) groups excluding carboxylic acids is 1. The summed E-state index contributed by atoms with van der Waals surface area (Å²) in [6, 6.07) is 13.3. The highest BCUT2D eigenvalue weighted by molar-refractivity contribution is 5.95. The zero-order valence-corrected chi connectivity index (χ0v) is 24.6. The highest BCUT2D eigenvalue weighted by atomic mass is 16.5. The van der Waals surface area contributed by atoms with Crippen LogP contribution in [0.1, 0.15) is 79.2 Å². The Morgan fingerprint density at radius 3 is 2.86 bits per heavy atom. The Labute approximate surface area is 246 Å². The van der Waals surface area contributed by atoms with E-state index in [2.05, 4.69) is 57.0 Å². The number of esters is 1. The van der Waals surface area contributed by atoms with Gasteiger partial charge in [-0.1, -0.05) is 31.5 Å². The highest BCUT2D eigenvalue weighted by Gasteiger charge is 2.62. The van der Waals surface area contributed by atoms with Gasteiger partial charge in [0.15, 0.2) is 0 Å². The van der Waals surface area contributed by atoms with Crippen molar-refractivity contribution in [1.82, 2.24) is 19.8 Å². The van der Waals surface area contributed by atoms with Gasteiger partial charge in [-0.25, -0.2) is 0 Å². The van der Waals surface area contributed by atoms with E-state index in [0.29, 0.717) is 23.6 Å². The van der Waals surface area contributed by atoms with Crippen molar-refractivity contribution < 1.29 is 14.6 Å². The molecule has 42 heavy (non-hydrogen) atoms. The molecule has 0 radical (unpaired) electrons. The lowest BCUT2D eigenvalue weighted by molar-refractivity contribution is -0.162. The number of aromatic nitrogens is 2. The van der Waals surface area contributed by atoms with E-state index in [1.807, 2.05) is 6.07 Å². The monoisotopic (exact) mass is 564 g/mol. The molecule has 4 bridgehead atoms. The van der Waals surface area contributed by atoms with Crippen molar-refractivity contribution in [3.8, 4) is 5.75 Å². The van der Waals surface area contributed by atoms with Crippen LogP contribution < -0.4 is 5.32 Å². The smallest absolute Gasteiger partial charge is 0.319 e. The van der Waals surface area contributed by atoms with E-state index in [1.54, 1.807) is 7.11 Å². The maximum absolute atomic E-state index is 14.1. The fourth-order valence-electron chi connectivity index (χ4n) is 10.5. The van der Waals surface area contributed by atoms with Gasteiger partial charge in [0.2, 0.25) is 0 Å². The van der Waals surface area contributed by atoms with Gasteiger partial charge in [0, 0.05) is 58.4 Å². The number of hydrogen-bond acceptors (Lipinski definition) is 5. The van der Waals surface area contributed by atoms with Crippen LogP contribution in [0.5, 0.6) is 5.75 Å². The van der Waals surface area contributed by atoms with Crippen LogP contribution in [0.4, 0.5) is 0 Å². The van der Waals surface area contributed by atoms with Crippen LogP contribution in [0.3, 0.4) is 0 Å². The molecule has 3 fully saturated rings. The Kier molecular flexibility index (Phi) is 5.33. The van der Waals surface area contributed by atoms with Crippen LogP contribution in [0.25, 0.3) is 21.8 Å². The topological polar surface area (TPSA) is 82.5 Å². The van der Waals surface area contributed by atoms with E-state index in [4.69, 9.17) is 4.74 Å². The Bertz CT molecular complexity index is 1770. The molecule has 2 saturated heterocycles. The van der Waals surface area contributed by atoms with Crippen molar-refractivity contribution in [2.75, 3.05) is 26.7 Å². The second-order valence-electron chi connectivity index (χ2n) is 13.6. The third-order valence-corrected chi connectivity index (χ3v) is 11.9. The maximum Gasteiger partial charge on any atom is 0.319 e. The first-order chi connectivity index (χ1) is 20.5. The fourth-order valence-corrected chi connectivity index (χ4v) is 10.5. The van der Waals surface area contributed by atoms with Gasteiger partial charge < -0.3 is 24.7 Å². The number of aromatic hydroxyl groups is 1. The van der Waals surface area contributed by atoms with Crippen molar-refractivity contribution in [2.45, 2.75) is 75.4 Å². The number of methoxy groups -OCH3 is 1. The molecule has 218 valence electrons. The number of aromatic amines is 1. The number of rotatable bonds is 3. The van der Waals surface area contributed by atoms with Crippen LogP contribution in [0.15, 0.2) is 36.4 Å². The number of nitrogens with zero attached hydrogens (tertiary/aromatic N) is 2. The summed E-state index contributed by atoms with van der Waals surface area (Å²) in [5, 5.41) is 17.9. The number of fused-ring (bicyclic) bond motifs is 7. The zero-order chi connectivity index (χ0) is 28.3. The van der Waals surface area contributed by atoms with Crippen LogP contribution in [-0.4, -0.2) is 58.3 Å². The molecule has 0 amide bonds. The van der Waals surface area contributed by atoms with Gasteiger partial charge in [0.1, 0.15) is 11.2 Å². The first-order valence-corrected chi connectivity index (χ1v) is 16.1. The van der Waals surface area contributed by atoms with Crippen molar-refractivity contribution in [2.24, 2.45) is 11.8 Å². The molecule has 3 N–H and O–H groups in total. The first kappa shape index (κ1) is 25.2. The molecular formula is C35H40N4O3. The van der Waals surface area contributed by atoms with E-state index in [0.717, 1.165) is 80.3 Å². The van der Waals surface area contributed by atoms with Crippen molar-refractivity contribution in [1.29, 1.82) is 0 Å². The van der Waals surface area contributed by atoms with E-state index in [9.17, 15) is 9.90 Å². The normalized spacial score (nSPS) is 32.9. The van der Waals surface area contributed by atoms with E-state index >= 15 is 0 Å². The van der Waals surface area contributed by atoms with Gasteiger partial charge >= 0.3 is 5.97 Å². The number of nitrogens with one attached hydrogen (secondary N) is 2. The number of benzene rings is 2. The molecule has 2 aromatic heterocycles. The zero-order valence-electron chi connectivity index (χ0n) is 24.6. The molecule has 6 aliphatic rings. The molecule has 1 unspecified atom stereocenters. The Hall–Kier alpha value is -3.29. The number of ether oxygens (including phenoxy) is 1. The average Bonchev–Trinajstić information content (AvgIpc) is 3.54. The molecule has 4 aromatic rings. The quantitative estimate of drug-likeness (QED) is 0.287. The molecule has 2 aromatic carbocycles. The minimum absolute atomic E-state index is 0.0116. The summed E-state index contributed by atoms with van der Waals surface area (Å²) >= 11 is 0. The van der Waals surface area contributed by atoms with Crippen LogP contribution in [0, 0.1) is 11.8 Å². The number of carbonyl (C=O) groups is 1. The van der Waals surface area contributed by atoms with Gasteiger partial charge in [-0.05, 0) is 86.2 Å². The molecule has 7 atom stereocenters. The number of phenols is 1. The summed E-state index contributed by atoms with van der Waals surface area (Å²) in [5.74, 6) is 1.20. The number of piperidine rings is 2. The summed E-state index contributed by atoms with van der Waals surface area (Å²) in [5.41, 5.74) is 7.68. The largest absolute Gasteiger partial charge is 0.508 e. The minimum atomic E-state index is -0.699. The van der Waals surface area contributed by atoms with E-state index < -0.39 is 5.41 Å². The van der Waals surface area contributed by atoms with Gasteiger partial charge in [0.05, 0.1) is 18.7 Å². The fraction of sp³-hybridized carbons (Fsp3) is 0.514. The summed E-state index contributed by atoms with van der Waals surface area (Å²) in [6.45, 7) is 5.32.